The van der Waals surface area contributed by atoms with Gasteiger partial charge in [-0.05, 0) is 37.6 Å². The van der Waals surface area contributed by atoms with Crippen molar-refractivity contribution in [2.75, 3.05) is 11.6 Å². The fourth-order valence-corrected chi connectivity index (χ4v) is 2.81. The van der Waals surface area contributed by atoms with E-state index in [0.717, 1.165) is 13.0 Å². The van der Waals surface area contributed by atoms with Gasteiger partial charge in [0.2, 0.25) is 0 Å². The molecule has 0 aliphatic heterocycles. The van der Waals surface area contributed by atoms with E-state index in [0.29, 0.717) is 12.2 Å². The van der Waals surface area contributed by atoms with Crippen LogP contribution in [0.2, 0.25) is 0 Å². The van der Waals surface area contributed by atoms with Crippen molar-refractivity contribution in [3.63, 3.8) is 0 Å². The number of hydrogen-bond donors (Lipinski definition) is 2. The summed E-state index contributed by atoms with van der Waals surface area (Å²) in [5.74, 6) is -2.51. The molecule has 28 heavy (non-hydrogen) atoms. The molecule has 2 N–H and O–H groups in total. The first kappa shape index (κ1) is 20.7. The number of hydrogen-bond acceptors (Lipinski definition) is 4. The predicted molar refractivity (Wildman–Crippen MR) is 108 cm³/mol. The molecule has 3 rings (SSSR count). The van der Waals surface area contributed by atoms with E-state index in [9.17, 15) is 9.59 Å². The van der Waals surface area contributed by atoms with Gasteiger partial charge in [-0.1, -0.05) is 25.1 Å². The molecule has 2 aromatic heterocycles. The average molecular weight is 381 g/mol. The lowest BCUT2D eigenvalue weighted by molar-refractivity contribution is -0.134. The molecule has 0 spiro atoms. The van der Waals surface area contributed by atoms with Crippen molar-refractivity contribution in [1.29, 1.82) is 0 Å². The maximum absolute atomic E-state index is 9.55. The number of aromatic nitrogens is 2. The summed E-state index contributed by atoms with van der Waals surface area (Å²) >= 11 is 0. The standard InChI is InChI=1S/C17H19N3.C4H4O4/c1-3-12-19(16-8-10-18-11-9-16)20-14(2)13-15-6-4-5-7-17(15)20;5-3(6)1-2-4(7)8/h4-11,13H,3,12H2,1-2H3;1-2H,(H,5,6)(H,7,8). The van der Waals surface area contributed by atoms with Crippen LogP contribution < -0.4 is 5.01 Å². The minimum absolute atomic E-state index is 0.558. The monoisotopic (exact) mass is 381 g/mol. The highest BCUT2D eigenvalue weighted by atomic mass is 16.4. The van der Waals surface area contributed by atoms with Crippen LogP contribution in [0.15, 0.2) is 67.0 Å². The van der Waals surface area contributed by atoms with Crippen molar-refractivity contribution < 1.29 is 19.8 Å². The van der Waals surface area contributed by atoms with Crippen LogP contribution in [0.3, 0.4) is 0 Å². The molecule has 0 radical (unpaired) electrons. The molecule has 1 aromatic carbocycles. The zero-order valence-electron chi connectivity index (χ0n) is 15.8. The Bertz CT molecular complexity index is 948. The number of nitrogens with zero attached hydrogens (tertiary/aromatic N) is 3. The Morgan fingerprint density at radius 3 is 2.25 bits per heavy atom. The normalized spacial score (nSPS) is 10.5. The Labute approximate surface area is 163 Å². The van der Waals surface area contributed by atoms with Crippen LogP contribution in [0.25, 0.3) is 10.9 Å². The van der Waals surface area contributed by atoms with Crippen LogP contribution in [0.5, 0.6) is 0 Å². The second kappa shape index (κ2) is 9.91. The zero-order valence-corrected chi connectivity index (χ0v) is 15.8. The van der Waals surface area contributed by atoms with Gasteiger partial charge in [-0.2, -0.15) is 0 Å². The van der Waals surface area contributed by atoms with Crippen LogP contribution in [0.4, 0.5) is 5.69 Å². The quantitative estimate of drug-likeness (QED) is 0.632. The fraction of sp³-hybridized carbons (Fsp3) is 0.190. The molecule has 0 aliphatic carbocycles. The van der Waals surface area contributed by atoms with E-state index in [2.05, 4.69) is 71.0 Å². The van der Waals surface area contributed by atoms with Gasteiger partial charge in [0.15, 0.2) is 0 Å². The van der Waals surface area contributed by atoms with Crippen LogP contribution in [-0.2, 0) is 9.59 Å². The molecule has 7 nitrogen and oxygen atoms in total. The molecule has 0 saturated heterocycles. The SMILES string of the molecule is CCCN(c1ccncc1)n1c(C)cc2ccccc21.O=C(O)C=CC(=O)O. The number of aliphatic carboxylic acids is 2. The second-order valence-electron chi connectivity index (χ2n) is 5.99. The molecule has 0 atom stereocenters. The summed E-state index contributed by atoms with van der Waals surface area (Å²) in [4.78, 5) is 23.2. The number of aryl methyl sites for hydroxylation is 1. The molecule has 7 heteroatoms. The third-order valence-electron chi connectivity index (χ3n) is 3.87. The number of pyridine rings is 1. The van der Waals surface area contributed by atoms with Crippen molar-refractivity contribution in [3.05, 3.63) is 72.7 Å². The topological polar surface area (TPSA) is 95.7 Å². The molecule has 0 fully saturated rings. The molecule has 0 saturated carbocycles. The Morgan fingerprint density at radius 2 is 1.68 bits per heavy atom. The molecule has 3 aromatic rings. The van der Waals surface area contributed by atoms with E-state index in [1.165, 1.54) is 22.3 Å². The van der Waals surface area contributed by atoms with E-state index < -0.39 is 11.9 Å². The van der Waals surface area contributed by atoms with Gasteiger partial charge >= 0.3 is 11.9 Å². The highest BCUT2D eigenvalue weighted by Crippen LogP contribution is 2.24. The smallest absolute Gasteiger partial charge is 0.328 e. The third kappa shape index (κ3) is 5.44. The van der Waals surface area contributed by atoms with Crippen molar-refractivity contribution in [2.24, 2.45) is 0 Å². The summed E-state index contributed by atoms with van der Waals surface area (Å²) in [6.07, 6.45) is 5.90. The maximum Gasteiger partial charge on any atom is 0.328 e. The number of para-hydroxylation sites is 1. The van der Waals surface area contributed by atoms with Gasteiger partial charge in [-0.3, -0.25) is 14.7 Å². The molecule has 146 valence electrons. The number of anilines is 1. The van der Waals surface area contributed by atoms with E-state index in [4.69, 9.17) is 10.2 Å². The first-order chi connectivity index (χ1) is 13.4. The first-order valence-electron chi connectivity index (χ1n) is 8.83. The van der Waals surface area contributed by atoms with Gasteiger partial charge in [0, 0.05) is 42.2 Å². The summed E-state index contributed by atoms with van der Waals surface area (Å²) < 4.78 is 2.30. The van der Waals surface area contributed by atoms with Gasteiger partial charge < -0.3 is 10.2 Å². The van der Waals surface area contributed by atoms with Gasteiger partial charge in [0.1, 0.15) is 0 Å². The number of rotatable bonds is 6. The average Bonchev–Trinajstić information content (AvgIpc) is 3.01. The molecule has 0 bridgehead atoms. The largest absolute Gasteiger partial charge is 0.478 e. The fourth-order valence-electron chi connectivity index (χ4n) is 2.81. The summed E-state index contributed by atoms with van der Waals surface area (Å²) in [6.45, 7) is 5.34. The summed E-state index contributed by atoms with van der Waals surface area (Å²) in [6, 6.07) is 14.9. The molecular weight excluding hydrogens is 358 g/mol. The highest BCUT2D eigenvalue weighted by molar-refractivity contribution is 5.89. The van der Waals surface area contributed by atoms with Crippen LogP contribution >= 0.6 is 0 Å². The van der Waals surface area contributed by atoms with E-state index in [1.807, 2.05) is 12.4 Å². The Morgan fingerprint density at radius 1 is 1.07 bits per heavy atom. The lowest BCUT2D eigenvalue weighted by atomic mass is 10.2. The van der Waals surface area contributed by atoms with Crippen molar-refractivity contribution in [1.82, 2.24) is 9.66 Å². The lowest BCUT2D eigenvalue weighted by Gasteiger charge is -2.28. The van der Waals surface area contributed by atoms with Crippen LogP contribution in [-0.4, -0.2) is 38.4 Å². The van der Waals surface area contributed by atoms with E-state index >= 15 is 0 Å². The number of carboxylic acid groups (broad SMARTS) is 2. The summed E-state index contributed by atoms with van der Waals surface area (Å²) in [5, 5.41) is 19.2. The highest BCUT2D eigenvalue weighted by Gasteiger charge is 2.13. The van der Waals surface area contributed by atoms with E-state index in [1.54, 1.807) is 0 Å². The molecule has 2 heterocycles. The summed E-state index contributed by atoms with van der Waals surface area (Å²) in [7, 11) is 0. The van der Waals surface area contributed by atoms with Crippen molar-refractivity contribution in [2.45, 2.75) is 20.3 Å². The first-order valence-corrected chi connectivity index (χ1v) is 8.83. The number of benzene rings is 1. The predicted octanol–water partition coefficient (Wildman–Crippen LogP) is 3.74. The Balaban J connectivity index is 0.000000300. The van der Waals surface area contributed by atoms with E-state index in [-0.39, 0.29) is 0 Å². The molecule has 0 unspecified atom stereocenters. The maximum atomic E-state index is 9.55. The Hall–Kier alpha value is -3.61. The molecule has 0 aliphatic rings. The van der Waals surface area contributed by atoms with Crippen molar-refractivity contribution >= 4 is 28.5 Å². The lowest BCUT2D eigenvalue weighted by Crippen LogP contribution is -2.31. The minimum Gasteiger partial charge on any atom is -0.478 e. The zero-order chi connectivity index (χ0) is 20.5. The molecule has 0 amide bonds. The number of carboxylic acids is 2. The van der Waals surface area contributed by atoms with Gasteiger partial charge in [-0.25, -0.2) is 9.59 Å². The third-order valence-corrected chi connectivity index (χ3v) is 3.87. The molecular formula is C21H23N3O4. The van der Waals surface area contributed by atoms with Gasteiger partial charge in [0.25, 0.3) is 0 Å². The van der Waals surface area contributed by atoms with Crippen molar-refractivity contribution in [3.8, 4) is 0 Å². The number of carbonyl (C=O) groups is 2. The van der Waals surface area contributed by atoms with Crippen LogP contribution in [0.1, 0.15) is 19.0 Å². The summed E-state index contributed by atoms with van der Waals surface area (Å²) in [5.41, 5.74) is 3.66. The van der Waals surface area contributed by atoms with Gasteiger partial charge in [-0.15, -0.1) is 0 Å². The van der Waals surface area contributed by atoms with Crippen LogP contribution in [0, 0.1) is 6.92 Å². The second-order valence-corrected chi connectivity index (χ2v) is 5.99. The Kier molecular flexibility index (Phi) is 7.33. The minimum atomic E-state index is -1.26. The number of fused-ring (bicyclic) bond motifs is 1. The van der Waals surface area contributed by atoms with Gasteiger partial charge in [0.05, 0.1) is 11.2 Å².